The number of carbonyl (C=O) groups is 1. The van der Waals surface area contributed by atoms with Crippen molar-refractivity contribution in [2.75, 3.05) is 24.2 Å². The zero-order valence-corrected chi connectivity index (χ0v) is 10.9. The van der Waals surface area contributed by atoms with Crippen molar-refractivity contribution in [1.29, 1.82) is 0 Å². The van der Waals surface area contributed by atoms with Gasteiger partial charge in [0.2, 0.25) is 5.91 Å². The molecule has 0 atom stereocenters. The van der Waals surface area contributed by atoms with Crippen molar-refractivity contribution in [2.24, 2.45) is 11.1 Å². The molecule has 4 nitrogen and oxygen atoms in total. The number of nitrogens with two attached hydrogens (primary N) is 2. The molecule has 0 aromatic heterocycles. The van der Waals surface area contributed by atoms with E-state index in [1.54, 1.807) is 18.2 Å². The van der Waals surface area contributed by atoms with Crippen molar-refractivity contribution in [3.05, 3.63) is 23.8 Å². The second kappa shape index (κ2) is 4.65. The molecule has 4 heteroatoms. The Hall–Kier alpha value is -1.71. The maximum Gasteiger partial charge on any atom is 0.248 e. The fourth-order valence-electron chi connectivity index (χ4n) is 1.82. The van der Waals surface area contributed by atoms with Gasteiger partial charge in [-0.25, -0.2) is 0 Å². The molecule has 0 spiro atoms. The van der Waals surface area contributed by atoms with E-state index in [9.17, 15) is 4.79 Å². The van der Waals surface area contributed by atoms with Crippen molar-refractivity contribution in [1.82, 2.24) is 0 Å². The van der Waals surface area contributed by atoms with Gasteiger partial charge in [-0.3, -0.25) is 4.79 Å². The van der Waals surface area contributed by atoms with Crippen molar-refractivity contribution in [2.45, 2.75) is 20.8 Å². The lowest BCUT2D eigenvalue weighted by Crippen LogP contribution is -2.30. The van der Waals surface area contributed by atoms with Gasteiger partial charge in [-0.15, -0.1) is 0 Å². The van der Waals surface area contributed by atoms with Crippen LogP contribution in [0.15, 0.2) is 18.2 Å². The Morgan fingerprint density at radius 3 is 2.41 bits per heavy atom. The maximum absolute atomic E-state index is 11.1. The third-order valence-corrected chi connectivity index (χ3v) is 2.44. The van der Waals surface area contributed by atoms with Crippen LogP contribution in [0.25, 0.3) is 0 Å². The molecule has 0 saturated heterocycles. The minimum Gasteiger partial charge on any atom is -0.397 e. The highest BCUT2D eigenvalue weighted by Crippen LogP contribution is 2.26. The van der Waals surface area contributed by atoms with Crippen LogP contribution in [0.3, 0.4) is 0 Å². The first kappa shape index (κ1) is 13.4. The van der Waals surface area contributed by atoms with Crippen molar-refractivity contribution >= 4 is 17.3 Å². The zero-order chi connectivity index (χ0) is 13.2. The summed E-state index contributed by atoms with van der Waals surface area (Å²) in [7, 11) is 1.96. The number of anilines is 2. The number of hydrogen-bond acceptors (Lipinski definition) is 3. The van der Waals surface area contributed by atoms with E-state index >= 15 is 0 Å². The Balaban J connectivity index is 3.04. The summed E-state index contributed by atoms with van der Waals surface area (Å²) < 4.78 is 0. The van der Waals surface area contributed by atoms with E-state index in [0.717, 1.165) is 12.2 Å². The molecule has 0 fully saturated rings. The van der Waals surface area contributed by atoms with E-state index < -0.39 is 5.91 Å². The summed E-state index contributed by atoms with van der Waals surface area (Å²) in [4.78, 5) is 13.2. The van der Waals surface area contributed by atoms with E-state index in [1.807, 2.05) is 11.9 Å². The van der Waals surface area contributed by atoms with E-state index in [1.165, 1.54) is 0 Å². The number of hydrogen-bond donors (Lipinski definition) is 2. The molecule has 0 unspecified atom stereocenters. The molecule has 17 heavy (non-hydrogen) atoms. The van der Waals surface area contributed by atoms with Gasteiger partial charge in [-0.2, -0.15) is 0 Å². The fraction of sp³-hybridized carbons (Fsp3) is 0.462. The van der Waals surface area contributed by atoms with Crippen LogP contribution in [0.5, 0.6) is 0 Å². The number of nitrogen functional groups attached to an aromatic ring is 1. The van der Waals surface area contributed by atoms with Gasteiger partial charge in [-0.05, 0) is 23.6 Å². The minimum atomic E-state index is -0.435. The van der Waals surface area contributed by atoms with Gasteiger partial charge in [0.25, 0.3) is 0 Å². The molecule has 0 aliphatic carbocycles. The summed E-state index contributed by atoms with van der Waals surface area (Å²) in [6.07, 6.45) is 0. The third kappa shape index (κ3) is 3.66. The monoisotopic (exact) mass is 235 g/mol. The Morgan fingerprint density at radius 1 is 1.35 bits per heavy atom. The lowest BCUT2D eigenvalue weighted by Gasteiger charge is -2.29. The molecule has 0 heterocycles. The summed E-state index contributed by atoms with van der Waals surface area (Å²) in [5.41, 5.74) is 13.3. The quantitative estimate of drug-likeness (QED) is 0.785. The summed E-state index contributed by atoms with van der Waals surface area (Å²) in [6.45, 7) is 7.30. The molecule has 1 amide bonds. The topological polar surface area (TPSA) is 72.3 Å². The van der Waals surface area contributed by atoms with Crippen LogP contribution < -0.4 is 16.4 Å². The lowest BCUT2D eigenvalue weighted by atomic mass is 9.96. The van der Waals surface area contributed by atoms with Crippen LogP contribution in [-0.4, -0.2) is 19.5 Å². The van der Waals surface area contributed by atoms with Crippen LogP contribution in [-0.2, 0) is 0 Å². The Morgan fingerprint density at radius 2 is 1.94 bits per heavy atom. The molecule has 1 aromatic carbocycles. The molecule has 1 aromatic rings. The molecule has 0 saturated carbocycles. The molecule has 0 aliphatic heterocycles. The Kier molecular flexibility index (Phi) is 3.66. The number of primary amides is 1. The van der Waals surface area contributed by atoms with Gasteiger partial charge >= 0.3 is 0 Å². The first-order valence-electron chi connectivity index (χ1n) is 5.61. The largest absolute Gasteiger partial charge is 0.397 e. The standard InChI is InChI=1S/C13H21N3O/c1-13(2,3)8-16(4)11-7-9(12(15)17)5-6-10(11)14/h5-7H,8,14H2,1-4H3,(H2,15,17). The van der Waals surface area contributed by atoms with Crippen LogP contribution in [0.1, 0.15) is 31.1 Å². The van der Waals surface area contributed by atoms with E-state index in [-0.39, 0.29) is 5.41 Å². The van der Waals surface area contributed by atoms with Crippen LogP contribution in [0, 0.1) is 5.41 Å². The summed E-state index contributed by atoms with van der Waals surface area (Å²) in [6, 6.07) is 5.10. The van der Waals surface area contributed by atoms with Crippen LogP contribution in [0.4, 0.5) is 11.4 Å². The molecule has 4 N–H and O–H groups in total. The van der Waals surface area contributed by atoms with Crippen molar-refractivity contribution in [3.8, 4) is 0 Å². The number of rotatable bonds is 3. The fourth-order valence-corrected chi connectivity index (χ4v) is 1.82. The molecule has 0 radical (unpaired) electrons. The zero-order valence-electron chi connectivity index (χ0n) is 10.9. The van der Waals surface area contributed by atoms with Gasteiger partial charge in [0, 0.05) is 19.2 Å². The third-order valence-electron chi connectivity index (χ3n) is 2.44. The van der Waals surface area contributed by atoms with Crippen molar-refractivity contribution < 1.29 is 4.79 Å². The highest BCUT2D eigenvalue weighted by atomic mass is 16.1. The first-order valence-corrected chi connectivity index (χ1v) is 5.61. The number of nitrogens with zero attached hydrogens (tertiary/aromatic N) is 1. The molecular weight excluding hydrogens is 214 g/mol. The predicted octanol–water partition coefficient (Wildman–Crippen LogP) is 1.85. The second-order valence-electron chi connectivity index (χ2n) is 5.55. The Bertz CT molecular complexity index is 421. The summed E-state index contributed by atoms with van der Waals surface area (Å²) in [5.74, 6) is -0.435. The van der Waals surface area contributed by atoms with Gasteiger partial charge in [0.1, 0.15) is 0 Å². The lowest BCUT2D eigenvalue weighted by molar-refractivity contribution is 0.100. The number of benzene rings is 1. The van der Waals surface area contributed by atoms with Gasteiger partial charge in [-0.1, -0.05) is 20.8 Å². The van der Waals surface area contributed by atoms with Gasteiger partial charge in [0.05, 0.1) is 11.4 Å². The van der Waals surface area contributed by atoms with Crippen LogP contribution >= 0.6 is 0 Å². The van der Waals surface area contributed by atoms with Gasteiger partial charge < -0.3 is 16.4 Å². The molecule has 0 aliphatic rings. The highest BCUT2D eigenvalue weighted by molar-refractivity contribution is 5.95. The molecule has 0 bridgehead atoms. The van der Waals surface area contributed by atoms with Gasteiger partial charge in [0.15, 0.2) is 0 Å². The second-order valence-corrected chi connectivity index (χ2v) is 5.55. The molecular formula is C13H21N3O. The average Bonchev–Trinajstić information content (AvgIpc) is 2.14. The SMILES string of the molecule is CN(CC(C)(C)C)c1cc(C(N)=O)ccc1N. The number of amides is 1. The van der Waals surface area contributed by atoms with E-state index in [4.69, 9.17) is 11.5 Å². The Labute approximate surface area is 103 Å². The predicted molar refractivity (Wildman–Crippen MR) is 72.1 cm³/mol. The van der Waals surface area contributed by atoms with Crippen molar-refractivity contribution in [3.63, 3.8) is 0 Å². The molecule has 94 valence electrons. The van der Waals surface area contributed by atoms with E-state index in [2.05, 4.69) is 20.8 Å². The summed E-state index contributed by atoms with van der Waals surface area (Å²) in [5, 5.41) is 0. The minimum absolute atomic E-state index is 0.157. The normalized spacial score (nSPS) is 11.3. The number of carbonyl (C=O) groups excluding carboxylic acids is 1. The molecule has 1 rings (SSSR count). The maximum atomic E-state index is 11.1. The highest BCUT2D eigenvalue weighted by Gasteiger charge is 2.16. The van der Waals surface area contributed by atoms with Crippen LogP contribution in [0.2, 0.25) is 0 Å². The summed E-state index contributed by atoms with van der Waals surface area (Å²) >= 11 is 0. The van der Waals surface area contributed by atoms with E-state index in [0.29, 0.717) is 11.3 Å². The smallest absolute Gasteiger partial charge is 0.248 e. The average molecular weight is 235 g/mol. The first-order chi connectivity index (χ1) is 7.70.